The van der Waals surface area contributed by atoms with Gasteiger partial charge in [-0.15, -0.1) is 11.8 Å². The molecule has 4 amide bonds. The van der Waals surface area contributed by atoms with Crippen molar-refractivity contribution in [1.82, 2.24) is 21.3 Å². The largest absolute Gasteiger partial charge is 0.449 e. The lowest BCUT2D eigenvalue weighted by Crippen LogP contribution is -2.36. The summed E-state index contributed by atoms with van der Waals surface area (Å²) in [5, 5.41) is 12.0. The van der Waals surface area contributed by atoms with Gasteiger partial charge in [0.2, 0.25) is 5.91 Å². The van der Waals surface area contributed by atoms with E-state index in [9.17, 15) is 14.4 Å². The molecule has 4 rings (SSSR count). The molecule has 6 atom stereocenters. The third kappa shape index (κ3) is 9.24. The number of alkyl carbamates (subject to hydrolysis) is 1. The second kappa shape index (κ2) is 15.4. The number of nitrogens with one attached hydrogen (secondary N) is 4. The molecule has 212 valence electrons. The maximum atomic E-state index is 12.0. The van der Waals surface area contributed by atoms with Crippen molar-refractivity contribution in [3.8, 4) is 11.8 Å². The van der Waals surface area contributed by atoms with Crippen LogP contribution >= 0.6 is 11.8 Å². The van der Waals surface area contributed by atoms with Crippen molar-refractivity contribution in [3.63, 3.8) is 0 Å². The van der Waals surface area contributed by atoms with E-state index in [1.807, 2.05) is 11.8 Å². The van der Waals surface area contributed by atoms with Gasteiger partial charge >= 0.3 is 12.1 Å². The Bertz CT molecular complexity index is 846. The first-order chi connectivity index (χ1) is 18.6. The number of urea groups is 1. The lowest BCUT2D eigenvalue weighted by Gasteiger charge is -2.16. The fraction of sp³-hybridized carbons (Fsp3) is 0.815. The Hall–Kier alpha value is -2.16. The Morgan fingerprint density at radius 3 is 2.39 bits per heavy atom. The fourth-order valence-corrected chi connectivity index (χ4v) is 7.22. The average molecular weight is 551 g/mol. The summed E-state index contributed by atoms with van der Waals surface area (Å²) in [6, 6.07) is 0.414. The quantitative estimate of drug-likeness (QED) is 0.132. The number of carbonyl (C=O) groups excluding carboxylic acids is 3. The van der Waals surface area contributed by atoms with Gasteiger partial charge < -0.3 is 35.5 Å². The van der Waals surface area contributed by atoms with Crippen LogP contribution in [0.15, 0.2) is 0 Å². The molecule has 0 aromatic heterocycles. The van der Waals surface area contributed by atoms with Crippen molar-refractivity contribution in [1.29, 1.82) is 0 Å². The highest BCUT2D eigenvalue weighted by molar-refractivity contribution is 8.00. The molecule has 2 heterocycles. The minimum Gasteiger partial charge on any atom is -0.449 e. The van der Waals surface area contributed by atoms with Crippen LogP contribution in [0.3, 0.4) is 0 Å². The number of hydrogen-bond acceptors (Lipinski definition) is 7. The van der Waals surface area contributed by atoms with E-state index in [0.717, 1.165) is 50.7 Å². The molecule has 0 radical (unpaired) electrons. The van der Waals surface area contributed by atoms with E-state index in [-0.39, 0.29) is 30.1 Å². The normalized spacial score (nSPS) is 28.9. The zero-order valence-corrected chi connectivity index (χ0v) is 23.0. The van der Waals surface area contributed by atoms with E-state index < -0.39 is 0 Å². The molecule has 1 unspecified atom stereocenters. The first-order valence-electron chi connectivity index (χ1n) is 14.1. The minimum atomic E-state index is -0.387. The molecule has 4 N–H and O–H groups in total. The molecule has 4 aliphatic rings. The van der Waals surface area contributed by atoms with E-state index in [1.54, 1.807) is 0 Å². The topological polar surface area (TPSA) is 127 Å². The van der Waals surface area contributed by atoms with Gasteiger partial charge in [-0.05, 0) is 43.4 Å². The van der Waals surface area contributed by atoms with Crippen molar-refractivity contribution >= 4 is 29.8 Å². The number of carbonyl (C=O) groups is 3. The van der Waals surface area contributed by atoms with Crippen LogP contribution in [0.4, 0.5) is 9.59 Å². The van der Waals surface area contributed by atoms with E-state index in [2.05, 4.69) is 33.1 Å². The first-order valence-corrected chi connectivity index (χ1v) is 15.1. The van der Waals surface area contributed by atoms with Gasteiger partial charge in [0.15, 0.2) is 0 Å². The summed E-state index contributed by atoms with van der Waals surface area (Å²) in [4.78, 5) is 35.3. The smallest absolute Gasteiger partial charge is 0.407 e. The van der Waals surface area contributed by atoms with Crippen LogP contribution < -0.4 is 21.3 Å². The molecule has 0 bridgehead atoms. The second-order valence-electron chi connectivity index (χ2n) is 10.4. The van der Waals surface area contributed by atoms with E-state index in [0.29, 0.717) is 75.5 Å². The number of ether oxygens (including phenoxy) is 3. The average Bonchev–Trinajstić information content (AvgIpc) is 3.16. The van der Waals surface area contributed by atoms with Crippen LogP contribution in [0.1, 0.15) is 51.4 Å². The zero-order valence-electron chi connectivity index (χ0n) is 22.1. The Kier molecular flexibility index (Phi) is 11.7. The summed E-state index contributed by atoms with van der Waals surface area (Å²) in [5.41, 5.74) is 0. The van der Waals surface area contributed by atoms with Crippen molar-refractivity contribution in [2.75, 3.05) is 51.9 Å². The van der Waals surface area contributed by atoms with Gasteiger partial charge in [-0.1, -0.05) is 6.42 Å². The van der Waals surface area contributed by atoms with E-state index in [4.69, 9.17) is 14.2 Å². The lowest BCUT2D eigenvalue weighted by molar-refractivity contribution is -0.121. The number of thioether (sulfide) groups is 1. The van der Waals surface area contributed by atoms with Crippen LogP contribution in [0.5, 0.6) is 0 Å². The molecule has 3 fully saturated rings. The van der Waals surface area contributed by atoms with Gasteiger partial charge in [0.05, 0.1) is 45.1 Å². The predicted octanol–water partition coefficient (Wildman–Crippen LogP) is 2.03. The van der Waals surface area contributed by atoms with Gasteiger partial charge in [-0.3, -0.25) is 4.79 Å². The summed E-state index contributed by atoms with van der Waals surface area (Å²) in [7, 11) is 0. The maximum Gasteiger partial charge on any atom is 0.407 e. The molecule has 2 aliphatic carbocycles. The third-order valence-corrected chi connectivity index (χ3v) is 9.29. The summed E-state index contributed by atoms with van der Waals surface area (Å²) in [6.07, 6.45) is 7.12. The number of amides is 4. The van der Waals surface area contributed by atoms with E-state index >= 15 is 0 Å². The fourth-order valence-electron chi connectivity index (χ4n) is 5.68. The molecule has 2 aliphatic heterocycles. The van der Waals surface area contributed by atoms with Crippen molar-refractivity contribution < 1.29 is 28.6 Å². The van der Waals surface area contributed by atoms with Gasteiger partial charge in [-0.2, -0.15) is 11.8 Å². The molecule has 1 saturated carbocycles. The maximum absolute atomic E-state index is 12.0. The Morgan fingerprint density at radius 1 is 0.947 bits per heavy atom. The van der Waals surface area contributed by atoms with Gasteiger partial charge in [0.1, 0.15) is 0 Å². The Balaban J connectivity index is 0.881. The predicted molar refractivity (Wildman–Crippen MR) is 145 cm³/mol. The van der Waals surface area contributed by atoms with Crippen molar-refractivity contribution in [2.45, 2.75) is 68.7 Å². The van der Waals surface area contributed by atoms with Crippen molar-refractivity contribution in [3.05, 3.63) is 0 Å². The highest BCUT2D eigenvalue weighted by Crippen LogP contribution is 2.52. The molecule has 0 aromatic rings. The van der Waals surface area contributed by atoms with Crippen LogP contribution in [-0.2, 0) is 19.0 Å². The molecule has 11 heteroatoms. The molecule has 10 nitrogen and oxygen atoms in total. The van der Waals surface area contributed by atoms with E-state index in [1.165, 1.54) is 0 Å². The minimum absolute atomic E-state index is 0.0380. The van der Waals surface area contributed by atoms with Crippen LogP contribution in [0.25, 0.3) is 0 Å². The van der Waals surface area contributed by atoms with Crippen molar-refractivity contribution in [2.24, 2.45) is 17.8 Å². The van der Waals surface area contributed by atoms with Gasteiger partial charge in [0.25, 0.3) is 0 Å². The summed E-state index contributed by atoms with van der Waals surface area (Å²) >= 11 is 1.90. The van der Waals surface area contributed by atoms with Gasteiger partial charge in [-0.25, -0.2) is 9.59 Å². The van der Waals surface area contributed by atoms with Gasteiger partial charge in [0, 0.05) is 43.4 Å². The van der Waals surface area contributed by atoms with Crippen LogP contribution in [0.2, 0.25) is 0 Å². The lowest BCUT2D eigenvalue weighted by atomic mass is 10.0. The molecule has 0 spiro atoms. The standard InChI is InChI=1S/C27H42N4O6S/c32-24(10-6-5-9-23-25-22(18-38-23)30-26(33)31-25)28-11-13-35-15-16-36-14-12-29-27(34)37-17-21-19-7-3-1-2-4-8-20(19)21/h19-23,25H,3-18H2,(H,28,32)(H,29,34)(H2,30,31,33)/t19-,20+,21?,22-,23-,25+/m0/s1. The number of rotatable bonds is 16. The molecule has 2 saturated heterocycles. The monoisotopic (exact) mass is 550 g/mol. The first kappa shape index (κ1) is 28.8. The number of fused-ring (bicyclic) bond motifs is 2. The zero-order chi connectivity index (χ0) is 26.6. The SMILES string of the molecule is O=C(CCCC[C@@H]1SC[C@@H]2NC(=O)N[C@H]21)NCCOCCOCCNC(=O)OCC1[C@H]2CCC#CCC[C@@H]12. The molecular weight excluding hydrogens is 508 g/mol. The number of hydrogen-bond donors (Lipinski definition) is 4. The Labute approximate surface area is 229 Å². The highest BCUT2D eigenvalue weighted by atomic mass is 32.2. The molecular formula is C27H42N4O6S. The molecule has 38 heavy (non-hydrogen) atoms. The molecule has 0 aromatic carbocycles. The summed E-state index contributed by atoms with van der Waals surface area (Å²) in [6.45, 7) is 3.05. The summed E-state index contributed by atoms with van der Waals surface area (Å²) in [5.74, 6) is 9.22. The highest BCUT2D eigenvalue weighted by Gasteiger charge is 2.49. The van der Waals surface area contributed by atoms with Crippen LogP contribution in [-0.4, -0.2) is 87.2 Å². The Morgan fingerprint density at radius 2 is 1.66 bits per heavy atom. The third-order valence-electron chi connectivity index (χ3n) is 7.78. The second-order valence-corrected chi connectivity index (χ2v) is 11.7. The number of unbranched alkanes of at least 4 members (excludes halogenated alkanes) is 1. The summed E-state index contributed by atoms with van der Waals surface area (Å²) < 4.78 is 16.3. The van der Waals surface area contributed by atoms with Crippen LogP contribution in [0, 0.1) is 29.6 Å².